The van der Waals surface area contributed by atoms with Gasteiger partial charge < -0.3 is 0 Å². The minimum atomic E-state index is -2.13. The molecule has 1 nitrogen and oxygen atoms in total. The second kappa shape index (κ2) is 6.37. The van der Waals surface area contributed by atoms with Gasteiger partial charge in [0.2, 0.25) is 5.69 Å². The molecule has 2 aromatic rings. The van der Waals surface area contributed by atoms with Crippen molar-refractivity contribution in [3.63, 3.8) is 0 Å². The fourth-order valence-electron chi connectivity index (χ4n) is 2.57. The first-order chi connectivity index (χ1) is 12.2. The third-order valence-corrected chi connectivity index (χ3v) is 4.49. The van der Waals surface area contributed by atoms with E-state index in [2.05, 4.69) is 6.55 Å². The highest BCUT2D eigenvalue weighted by Gasteiger charge is 2.20. The highest BCUT2D eigenvalue weighted by molar-refractivity contribution is 6.52. The average molecular weight is 316 g/mol. The Kier molecular flexibility index (Phi) is 3.24. The number of aromatic nitrogens is 1. The topological polar surface area (TPSA) is 3.88 Å². The largest absolute Gasteiger partial charge is 0.212 e. The fraction of sp³-hybridized carbons (Fsp3) is 0.450. The minimum Gasteiger partial charge on any atom is -0.201 e. The van der Waals surface area contributed by atoms with Crippen LogP contribution in [0.25, 0.3) is 11.3 Å². The zero-order chi connectivity index (χ0) is 20.8. The van der Waals surface area contributed by atoms with Crippen LogP contribution in [0, 0.1) is 19.2 Å². The number of nitrogens with zero attached hydrogens (tertiary/aromatic N) is 1. The maximum Gasteiger partial charge on any atom is 0.212 e. The van der Waals surface area contributed by atoms with Gasteiger partial charge in [0.05, 0.1) is 9.52 Å². The van der Waals surface area contributed by atoms with E-state index < -0.39 is 18.6 Å². The molecule has 2 radical (unpaired) electrons. The lowest BCUT2D eigenvalue weighted by Crippen LogP contribution is -2.38. The summed E-state index contributed by atoms with van der Waals surface area (Å²) in [6, 6.07) is 7.12. The quantitative estimate of drug-likeness (QED) is 0.600. The van der Waals surface area contributed by atoms with Crippen LogP contribution in [0.1, 0.15) is 44.3 Å². The standard InChI is InChI=1S/C20H28NSi/c1-14-8-9-17(15(2)10-14)18-11-16(12-20(3,4)5)19(22-7)13-21(18)6/h8-11,13H,12H2,1-7H3/q+1/i1D3,12D2. The molecule has 0 unspecified atom stereocenters. The summed E-state index contributed by atoms with van der Waals surface area (Å²) in [5.41, 5.74) is 3.16. The molecule has 116 valence electrons. The fourth-order valence-corrected chi connectivity index (χ4v) is 3.30. The van der Waals surface area contributed by atoms with Crippen LogP contribution in [0.5, 0.6) is 0 Å². The molecule has 0 aliphatic carbocycles. The lowest BCUT2D eigenvalue weighted by molar-refractivity contribution is -0.659. The summed E-state index contributed by atoms with van der Waals surface area (Å²) >= 11 is 0. The predicted molar refractivity (Wildman–Crippen MR) is 96.9 cm³/mol. The van der Waals surface area contributed by atoms with Crippen molar-refractivity contribution in [2.45, 2.75) is 47.5 Å². The molecule has 0 atom stereocenters. The van der Waals surface area contributed by atoms with E-state index in [4.69, 9.17) is 6.85 Å². The van der Waals surface area contributed by atoms with Crippen molar-refractivity contribution < 1.29 is 11.4 Å². The summed E-state index contributed by atoms with van der Waals surface area (Å²) in [7, 11) is 2.44. The number of hydrogen-bond acceptors (Lipinski definition) is 0. The monoisotopic (exact) mass is 315 g/mol. The smallest absolute Gasteiger partial charge is 0.201 e. The maximum atomic E-state index is 8.75. The van der Waals surface area contributed by atoms with Crippen LogP contribution in [0.2, 0.25) is 6.55 Å². The molecule has 2 rings (SSSR count). The van der Waals surface area contributed by atoms with Crippen LogP contribution >= 0.6 is 0 Å². The van der Waals surface area contributed by atoms with E-state index in [0.717, 1.165) is 22.0 Å². The molecule has 22 heavy (non-hydrogen) atoms. The Morgan fingerprint density at radius 3 is 2.55 bits per heavy atom. The van der Waals surface area contributed by atoms with Crippen LogP contribution in [0.3, 0.4) is 0 Å². The number of aryl methyl sites for hydroxylation is 3. The van der Waals surface area contributed by atoms with Crippen molar-refractivity contribution in [2.75, 3.05) is 0 Å². The molecule has 0 bridgehead atoms. The Morgan fingerprint density at radius 1 is 1.27 bits per heavy atom. The van der Waals surface area contributed by atoms with E-state index in [0.29, 0.717) is 20.6 Å². The van der Waals surface area contributed by atoms with Gasteiger partial charge in [0, 0.05) is 23.7 Å². The zero-order valence-electron chi connectivity index (χ0n) is 19.3. The number of rotatable bonds is 3. The lowest BCUT2D eigenvalue weighted by atomic mass is 9.87. The molecule has 0 spiro atoms. The molecular formula is C20H28NSi+. The molecule has 0 fully saturated rings. The van der Waals surface area contributed by atoms with Crippen molar-refractivity contribution in [1.29, 1.82) is 0 Å². The summed E-state index contributed by atoms with van der Waals surface area (Å²) in [6.45, 7) is 7.58. The molecule has 0 aliphatic rings. The van der Waals surface area contributed by atoms with Gasteiger partial charge in [-0.05, 0) is 42.8 Å². The Hall–Kier alpha value is -1.41. The Labute approximate surface area is 145 Å². The van der Waals surface area contributed by atoms with Gasteiger partial charge in [0.15, 0.2) is 6.20 Å². The Bertz CT molecular complexity index is 851. The number of hydrogen-bond donors (Lipinski definition) is 0. The predicted octanol–water partition coefficient (Wildman–Crippen LogP) is 3.76. The molecule has 0 saturated carbocycles. The second-order valence-electron chi connectivity index (χ2n) is 6.75. The van der Waals surface area contributed by atoms with Gasteiger partial charge >= 0.3 is 0 Å². The van der Waals surface area contributed by atoms with Crippen molar-refractivity contribution in [3.05, 3.63) is 47.2 Å². The summed E-state index contributed by atoms with van der Waals surface area (Å²) < 4.78 is 42.3. The van der Waals surface area contributed by atoms with Crippen molar-refractivity contribution in [1.82, 2.24) is 0 Å². The van der Waals surface area contributed by atoms with Crippen LogP contribution in [0.15, 0.2) is 30.5 Å². The third-order valence-electron chi connectivity index (χ3n) is 3.56. The number of benzene rings is 1. The Balaban J connectivity index is 2.71. The van der Waals surface area contributed by atoms with Crippen molar-refractivity contribution in [3.8, 4) is 11.3 Å². The van der Waals surface area contributed by atoms with E-state index in [1.54, 1.807) is 12.1 Å². The molecular weight excluding hydrogens is 282 g/mol. The van der Waals surface area contributed by atoms with Crippen LogP contribution < -0.4 is 9.75 Å². The molecule has 0 saturated heterocycles. The Morgan fingerprint density at radius 2 is 2.00 bits per heavy atom. The molecule has 0 amide bonds. The van der Waals surface area contributed by atoms with Gasteiger partial charge in [0.1, 0.15) is 7.05 Å². The van der Waals surface area contributed by atoms with Crippen LogP contribution in [-0.2, 0) is 13.4 Å². The van der Waals surface area contributed by atoms with Crippen molar-refractivity contribution in [2.24, 2.45) is 12.5 Å². The van der Waals surface area contributed by atoms with E-state index >= 15 is 0 Å². The van der Waals surface area contributed by atoms with Gasteiger partial charge in [-0.3, -0.25) is 0 Å². The van der Waals surface area contributed by atoms with E-state index in [1.165, 1.54) is 0 Å². The van der Waals surface area contributed by atoms with E-state index in [1.807, 2.05) is 57.6 Å². The second-order valence-corrected chi connectivity index (χ2v) is 7.79. The van der Waals surface area contributed by atoms with Gasteiger partial charge in [0.25, 0.3) is 0 Å². The maximum absolute atomic E-state index is 8.75. The summed E-state index contributed by atoms with van der Waals surface area (Å²) in [4.78, 5) is 0. The highest BCUT2D eigenvalue weighted by atomic mass is 28.2. The van der Waals surface area contributed by atoms with Gasteiger partial charge in [-0.25, -0.2) is 4.57 Å². The van der Waals surface area contributed by atoms with Gasteiger partial charge in [-0.2, -0.15) is 0 Å². The van der Waals surface area contributed by atoms with E-state index in [9.17, 15) is 0 Å². The van der Waals surface area contributed by atoms with Crippen molar-refractivity contribution >= 4 is 14.7 Å². The highest BCUT2D eigenvalue weighted by Crippen LogP contribution is 2.24. The summed E-state index contributed by atoms with van der Waals surface area (Å²) in [5, 5.41) is 1.01. The summed E-state index contributed by atoms with van der Waals surface area (Å²) in [6.07, 6.45) is 0.519. The summed E-state index contributed by atoms with van der Waals surface area (Å²) in [5.74, 6) is 0. The number of pyridine rings is 1. The first kappa shape index (κ1) is 11.2. The van der Waals surface area contributed by atoms with Crippen LogP contribution in [0.4, 0.5) is 0 Å². The van der Waals surface area contributed by atoms with Crippen LogP contribution in [-0.4, -0.2) is 9.52 Å². The molecule has 0 N–H and O–H groups in total. The third kappa shape index (κ3) is 3.86. The molecule has 1 heterocycles. The lowest BCUT2D eigenvalue weighted by Gasteiger charge is -2.20. The van der Waals surface area contributed by atoms with Gasteiger partial charge in [-0.1, -0.05) is 45.0 Å². The first-order valence-corrected chi connectivity index (χ1v) is 9.03. The molecule has 0 aliphatic heterocycles. The SMILES string of the molecule is [2H]C([2H])([2H])c1ccc(-c2cc(C([2H])([2H])C(C)(C)C)c([Si]C)c[n+]2C)c(C)c1. The van der Waals surface area contributed by atoms with Gasteiger partial charge in [-0.15, -0.1) is 0 Å². The molecule has 2 heteroatoms. The normalized spacial score (nSPS) is 16.4. The average Bonchev–Trinajstić information content (AvgIpc) is 2.52. The minimum absolute atomic E-state index is 0.323. The molecule has 1 aromatic carbocycles. The molecule has 1 aromatic heterocycles. The zero-order valence-corrected chi connectivity index (χ0v) is 15.3. The first-order valence-electron chi connectivity index (χ1n) is 10.0. The van der Waals surface area contributed by atoms with E-state index in [-0.39, 0.29) is 0 Å².